The highest BCUT2D eigenvalue weighted by Gasteiger charge is 2.11. The van der Waals surface area contributed by atoms with Gasteiger partial charge in [-0.05, 0) is 56.4 Å². The highest BCUT2D eigenvalue weighted by atomic mass is 79.9. The zero-order valence-electron chi connectivity index (χ0n) is 11.4. The monoisotopic (exact) mass is 343 g/mol. The van der Waals surface area contributed by atoms with Gasteiger partial charge < -0.3 is 5.73 Å². The van der Waals surface area contributed by atoms with E-state index in [9.17, 15) is 4.39 Å². The van der Waals surface area contributed by atoms with E-state index in [2.05, 4.69) is 40.2 Å². The Morgan fingerprint density at radius 3 is 2.57 bits per heavy atom. The van der Waals surface area contributed by atoms with Crippen LogP contribution >= 0.6 is 15.9 Å². The summed E-state index contributed by atoms with van der Waals surface area (Å²) in [4.78, 5) is 0. The molecule has 0 saturated heterocycles. The van der Waals surface area contributed by atoms with Crippen molar-refractivity contribution in [3.8, 4) is 0 Å². The molecule has 0 aliphatic carbocycles. The van der Waals surface area contributed by atoms with Gasteiger partial charge in [0.25, 0.3) is 0 Å². The largest absolute Gasteiger partial charge is 0.324 e. The normalized spacial score (nSPS) is 12.5. The molecule has 3 heteroatoms. The van der Waals surface area contributed by atoms with Crippen molar-refractivity contribution in [1.82, 2.24) is 0 Å². The second-order valence-corrected chi connectivity index (χ2v) is 5.98. The first-order valence-corrected chi connectivity index (χ1v) is 7.61. The zero-order valence-corrected chi connectivity index (χ0v) is 13.0. The van der Waals surface area contributed by atoms with Crippen molar-refractivity contribution in [2.45, 2.75) is 12.5 Å². The van der Waals surface area contributed by atoms with Crippen LogP contribution in [0.5, 0.6) is 0 Å². The summed E-state index contributed by atoms with van der Waals surface area (Å²) in [6.07, 6.45) is 0.683. The average Bonchev–Trinajstić information content (AvgIpc) is 2.50. The lowest BCUT2D eigenvalue weighted by Crippen LogP contribution is -2.13. The molecule has 0 amide bonds. The molecule has 0 heterocycles. The number of fused-ring (bicyclic) bond motifs is 1. The van der Waals surface area contributed by atoms with Crippen LogP contribution in [0.2, 0.25) is 0 Å². The van der Waals surface area contributed by atoms with E-state index in [1.54, 1.807) is 6.07 Å². The third-order valence-electron chi connectivity index (χ3n) is 3.69. The third-order valence-corrected chi connectivity index (χ3v) is 4.33. The fraction of sp³-hybridized carbons (Fsp3) is 0.111. The van der Waals surface area contributed by atoms with Crippen molar-refractivity contribution in [1.29, 1.82) is 0 Å². The predicted molar refractivity (Wildman–Crippen MR) is 88.7 cm³/mol. The van der Waals surface area contributed by atoms with Gasteiger partial charge in [-0.2, -0.15) is 0 Å². The average molecular weight is 344 g/mol. The first-order chi connectivity index (χ1) is 10.1. The molecular formula is C18H15BrFN. The van der Waals surface area contributed by atoms with E-state index >= 15 is 0 Å². The smallest absolute Gasteiger partial charge is 0.137 e. The van der Waals surface area contributed by atoms with Gasteiger partial charge in [0.1, 0.15) is 5.82 Å². The molecule has 3 rings (SSSR count). The quantitative estimate of drug-likeness (QED) is 0.712. The Morgan fingerprint density at radius 2 is 1.76 bits per heavy atom. The maximum atomic E-state index is 13.6. The van der Waals surface area contributed by atoms with Crippen molar-refractivity contribution in [3.05, 3.63) is 82.1 Å². The summed E-state index contributed by atoms with van der Waals surface area (Å²) in [5.74, 6) is -0.277. The maximum absolute atomic E-state index is 13.6. The van der Waals surface area contributed by atoms with Crippen molar-refractivity contribution >= 4 is 26.7 Å². The molecule has 106 valence electrons. The van der Waals surface area contributed by atoms with E-state index in [0.29, 0.717) is 10.9 Å². The lowest BCUT2D eigenvalue weighted by Gasteiger charge is -2.14. The second-order valence-electron chi connectivity index (χ2n) is 5.12. The third kappa shape index (κ3) is 2.99. The van der Waals surface area contributed by atoms with Crippen LogP contribution in [0.25, 0.3) is 10.8 Å². The van der Waals surface area contributed by atoms with Crippen LogP contribution in [0.1, 0.15) is 17.2 Å². The van der Waals surface area contributed by atoms with Crippen LogP contribution < -0.4 is 5.73 Å². The summed E-state index contributed by atoms with van der Waals surface area (Å²) in [5, 5.41) is 2.40. The molecule has 1 atom stereocenters. The molecule has 1 nitrogen and oxygen atoms in total. The van der Waals surface area contributed by atoms with Crippen molar-refractivity contribution in [2.24, 2.45) is 5.73 Å². The van der Waals surface area contributed by atoms with E-state index in [1.807, 2.05) is 24.3 Å². The minimum absolute atomic E-state index is 0.224. The zero-order chi connectivity index (χ0) is 14.8. The molecule has 1 unspecified atom stereocenters. The lowest BCUT2D eigenvalue weighted by atomic mass is 9.95. The summed E-state index contributed by atoms with van der Waals surface area (Å²) in [5.41, 5.74) is 8.25. The molecule has 0 spiro atoms. The molecule has 0 aliphatic rings. The van der Waals surface area contributed by atoms with E-state index < -0.39 is 0 Å². The minimum atomic E-state index is -0.277. The van der Waals surface area contributed by atoms with Gasteiger partial charge >= 0.3 is 0 Å². The number of hydrogen-bond acceptors (Lipinski definition) is 1. The topological polar surface area (TPSA) is 26.0 Å². The van der Waals surface area contributed by atoms with Crippen molar-refractivity contribution in [2.75, 3.05) is 0 Å². The molecule has 0 bridgehead atoms. The SMILES string of the molecule is NC(Cc1cccc2ccccc12)c1ccc(Br)c(F)c1. The Kier molecular flexibility index (Phi) is 4.04. The van der Waals surface area contributed by atoms with Crippen LogP contribution in [-0.4, -0.2) is 0 Å². The fourth-order valence-corrected chi connectivity index (χ4v) is 2.81. The number of nitrogens with two attached hydrogens (primary N) is 1. The molecule has 0 aromatic heterocycles. The Morgan fingerprint density at radius 1 is 1.00 bits per heavy atom. The van der Waals surface area contributed by atoms with Crippen LogP contribution in [0.4, 0.5) is 4.39 Å². The van der Waals surface area contributed by atoms with Gasteiger partial charge in [0.2, 0.25) is 0 Å². The molecule has 0 radical (unpaired) electrons. The molecule has 0 fully saturated rings. The van der Waals surface area contributed by atoms with Gasteiger partial charge in [0.05, 0.1) is 4.47 Å². The fourth-order valence-electron chi connectivity index (χ4n) is 2.57. The van der Waals surface area contributed by atoms with Gasteiger partial charge in [-0.3, -0.25) is 0 Å². The summed E-state index contributed by atoms with van der Waals surface area (Å²) in [6, 6.07) is 19.3. The number of benzene rings is 3. The van der Waals surface area contributed by atoms with Crippen LogP contribution in [0.3, 0.4) is 0 Å². The summed E-state index contributed by atoms with van der Waals surface area (Å²) >= 11 is 3.16. The van der Waals surface area contributed by atoms with E-state index in [1.165, 1.54) is 22.4 Å². The van der Waals surface area contributed by atoms with Gasteiger partial charge in [0, 0.05) is 6.04 Å². The maximum Gasteiger partial charge on any atom is 0.137 e. The number of hydrogen-bond donors (Lipinski definition) is 1. The Labute approximate surface area is 131 Å². The van der Waals surface area contributed by atoms with Crippen LogP contribution in [0, 0.1) is 5.82 Å². The van der Waals surface area contributed by atoms with Crippen LogP contribution in [-0.2, 0) is 6.42 Å². The van der Waals surface area contributed by atoms with E-state index in [-0.39, 0.29) is 11.9 Å². The molecule has 0 saturated carbocycles. The highest BCUT2D eigenvalue weighted by Crippen LogP contribution is 2.25. The summed E-state index contributed by atoms with van der Waals surface area (Å²) < 4.78 is 14.1. The molecule has 3 aromatic carbocycles. The van der Waals surface area contributed by atoms with Gasteiger partial charge in [-0.15, -0.1) is 0 Å². The lowest BCUT2D eigenvalue weighted by molar-refractivity contribution is 0.612. The Hall–Kier alpha value is -1.71. The Balaban J connectivity index is 1.92. The van der Waals surface area contributed by atoms with Crippen LogP contribution in [0.15, 0.2) is 65.1 Å². The molecular weight excluding hydrogens is 329 g/mol. The van der Waals surface area contributed by atoms with Crippen molar-refractivity contribution in [3.63, 3.8) is 0 Å². The summed E-state index contributed by atoms with van der Waals surface area (Å²) in [6.45, 7) is 0. The molecule has 21 heavy (non-hydrogen) atoms. The van der Waals surface area contributed by atoms with Gasteiger partial charge in [-0.1, -0.05) is 48.5 Å². The number of halogens is 2. The molecule has 3 aromatic rings. The molecule has 2 N–H and O–H groups in total. The van der Waals surface area contributed by atoms with E-state index in [0.717, 1.165) is 5.56 Å². The number of rotatable bonds is 3. The first-order valence-electron chi connectivity index (χ1n) is 6.82. The summed E-state index contributed by atoms with van der Waals surface area (Å²) in [7, 11) is 0. The second kappa shape index (κ2) is 5.96. The van der Waals surface area contributed by atoms with Crippen molar-refractivity contribution < 1.29 is 4.39 Å². The standard InChI is InChI=1S/C18H15BrFN/c19-16-9-8-14(10-17(16)20)18(21)11-13-6-3-5-12-4-1-2-7-15(12)13/h1-10,18H,11,21H2. The Bertz CT molecular complexity index is 780. The van der Waals surface area contributed by atoms with Gasteiger partial charge in [-0.25, -0.2) is 4.39 Å². The van der Waals surface area contributed by atoms with Gasteiger partial charge in [0.15, 0.2) is 0 Å². The van der Waals surface area contributed by atoms with E-state index in [4.69, 9.17) is 5.73 Å². The first kappa shape index (κ1) is 14.2. The molecule has 0 aliphatic heterocycles. The highest BCUT2D eigenvalue weighted by molar-refractivity contribution is 9.10. The predicted octanol–water partition coefficient (Wildman–Crippen LogP) is 4.98. The minimum Gasteiger partial charge on any atom is -0.324 e.